The zero-order chi connectivity index (χ0) is 12.7. The fraction of sp³-hybridized carbons (Fsp3) is 0.929. The summed E-state index contributed by atoms with van der Waals surface area (Å²) in [4.78, 5) is 17.2. The number of carbonyl (C=O) groups excluding carboxylic acids is 1. The van der Waals surface area contributed by atoms with Crippen LogP contribution in [0.5, 0.6) is 0 Å². The summed E-state index contributed by atoms with van der Waals surface area (Å²) in [6.45, 7) is 8.29. The van der Waals surface area contributed by atoms with Crippen molar-refractivity contribution in [1.82, 2.24) is 15.1 Å². The number of rotatable bonds is 2. The van der Waals surface area contributed by atoms with Crippen molar-refractivity contribution in [2.45, 2.75) is 51.2 Å². The molecule has 1 amide bonds. The first-order valence-corrected chi connectivity index (χ1v) is 7.43. The van der Waals surface area contributed by atoms with Crippen molar-refractivity contribution < 1.29 is 4.79 Å². The maximum absolute atomic E-state index is 12.4. The summed E-state index contributed by atoms with van der Waals surface area (Å²) in [5, 5.41) is 3.20. The highest BCUT2D eigenvalue weighted by Crippen LogP contribution is 2.32. The van der Waals surface area contributed by atoms with Gasteiger partial charge in [0.15, 0.2) is 0 Å². The van der Waals surface area contributed by atoms with Gasteiger partial charge in [0.05, 0.1) is 5.92 Å². The molecule has 110 valence electrons. The Morgan fingerprint density at radius 2 is 1.84 bits per heavy atom. The summed E-state index contributed by atoms with van der Waals surface area (Å²) in [5.41, 5.74) is 0. The van der Waals surface area contributed by atoms with Gasteiger partial charge in [0.2, 0.25) is 5.91 Å². The predicted octanol–water partition coefficient (Wildman–Crippen LogP) is 1.10. The van der Waals surface area contributed by atoms with Crippen molar-refractivity contribution >= 4 is 18.3 Å². The van der Waals surface area contributed by atoms with Crippen LogP contribution in [0.3, 0.4) is 0 Å². The summed E-state index contributed by atoms with van der Waals surface area (Å²) in [5.74, 6) is 0.652. The molecule has 3 fully saturated rings. The van der Waals surface area contributed by atoms with Gasteiger partial charge in [-0.1, -0.05) is 0 Å². The van der Waals surface area contributed by atoms with E-state index in [2.05, 4.69) is 29.0 Å². The molecule has 1 N–H and O–H groups in total. The summed E-state index contributed by atoms with van der Waals surface area (Å²) in [7, 11) is 0. The summed E-state index contributed by atoms with van der Waals surface area (Å²) >= 11 is 0. The smallest absolute Gasteiger partial charge is 0.228 e. The molecule has 5 heteroatoms. The minimum absolute atomic E-state index is 0. The third-order valence-corrected chi connectivity index (χ3v) is 4.88. The molecule has 3 aliphatic rings. The normalized spacial score (nSPS) is 31.8. The van der Waals surface area contributed by atoms with Crippen LogP contribution < -0.4 is 5.32 Å². The van der Waals surface area contributed by atoms with Crippen molar-refractivity contribution in [2.24, 2.45) is 5.92 Å². The lowest BCUT2D eigenvalue weighted by Crippen LogP contribution is -2.53. The van der Waals surface area contributed by atoms with E-state index in [0.717, 1.165) is 26.2 Å². The Morgan fingerprint density at radius 1 is 1.16 bits per heavy atom. The molecular weight excluding hydrogens is 262 g/mol. The Labute approximate surface area is 122 Å². The molecule has 3 saturated heterocycles. The lowest BCUT2D eigenvalue weighted by atomic mass is 10.0. The first kappa shape index (κ1) is 15.1. The topological polar surface area (TPSA) is 35.6 Å². The molecule has 19 heavy (non-hydrogen) atoms. The maximum atomic E-state index is 12.4. The molecule has 4 nitrogen and oxygen atoms in total. The molecule has 2 unspecified atom stereocenters. The van der Waals surface area contributed by atoms with Gasteiger partial charge in [0.25, 0.3) is 0 Å². The number of nitrogens with zero attached hydrogens (tertiary/aromatic N) is 2. The quantitative estimate of drug-likeness (QED) is 0.826. The van der Waals surface area contributed by atoms with E-state index in [1.54, 1.807) is 0 Å². The van der Waals surface area contributed by atoms with E-state index in [4.69, 9.17) is 0 Å². The van der Waals surface area contributed by atoms with E-state index in [9.17, 15) is 4.79 Å². The van der Waals surface area contributed by atoms with E-state index in [0.29, 0.717) is 24.0 Å². The van der Waals surface area contributed by atoms with Gasteiger partial charge in [-0.3, -0.25) is 9.69 Å². The number of amides is 1. The van der Waals surface area contributed by atoms with Crippen LogP contribution in [0.2, 0.25) is 0 Å². The first-order valence-electron chi connectivity index (χ1n) is 7.43. The largest absolute Gasteiger partial charge is 0.341 e. The number of likely N-dealkylation sites (tertiary alicyclic amines) is 1. The third kappa shape index (κ3) is 2.76. The van der Waals surface area contributed by atoms with Crippen molar-refractivity contribution in [1.29, 1.82) is 0 Å². The van der Waals surface area contributed by atoms with Crippen molar-refractivity contribution in [2.75, 3.05) is 26.2 Å². The average molecular weight is 288 g/mol. The van der Waals surface area contributed by atoms with Crippen LogP contribution in [-0.2, 0) is 4.79 Å². The number of hydrogen-bond acceptors (Lipinski definition) is 3. The van der Waals surface area contributed by atoms with Crippen LogP contribution in [0.4, 0.5) is 0 Å². The molecule has 0 aromatic carbocycles. The second-order valence-corrected chi connectivity index (χ2v) is 6.35. The summed E-state index contributed by atoms with van der Waals surface area (Å²) < 4.78 is 0. The van der Waals surface area contributed by atoms with Crippen LogP contribution in [0, 0.1) is 5.92 Å². The molecule has 0 aromatic heterocycles. The van der Waals surface area contributed by atoms with Gasteiger partial charge in [-0.2, -0.15) is 0 Å². The highest BCUT2D eigenvalue weighted by molar-refractivity contribution is 5.85. The molecule has 3 aliphatic heterocycles. The minimum atomic E-state index is 0. The van der Waals surface area contributed by atoms with E-state index < -0.39 is 0 Å². The fourth-order valence-corrected chi connectivity index (χ4v) is 3.88. The first-order chi connectivity index (χ1) is 8.66. The van der Waals surface area contributed by atoms with E-state index in [-0.39, 0.29) is 18.3 Å². The highest BCUT2D eigenvalue weighted by Gasteiger charge is 2.40. The molecule has 2 bridgehead atoms. The van der Waals surface area contributed by atoms with Gasteiger partial charge >= 0.3 is 0 Å². The lowest BCUT2D eigenvalue weighted by molar-refractivity contribution is -0.137. The standard InChI is InChI=1S/C14H25N3O.ClH/c1-10(2)17-12-3-4-13(17)9-16(6-5-12)14(18)11-7-15-8-11;/h10-13,15H,3-9H2,1-2H3;1H. The lowest BCUT2D eigenvalue weighted by Gasteiger charge is -2.34. The number of carbonyl (C=O) groups is 1. The molecule has 2 atom stereocenters. The van der Waals surface area contributed by atoms with Gasteiger partial charge in [-0.05, 0) is 33.1 Å². The molecule has 0 radical (unpaired) electrons. The molecule has 0 aliphatic carbocycles. The average Bonchev–Trinajstić information content (AvgIpc) is 2.50. The fourth-order valence-electron chi connectivity index (χ4n) is 3.88. The molecule has 0 aromatic rings. The highest BCUT2D eigenvalue weighted by atomic mass is 35.5. The second-order valence-electron chi connectivity index (χ2n) is 6.35. The van der Waals surface area contributed by atoms with Gasteiger partial charge in [-0.25, -0.2) is 0 Å². The SMILES string of the molecule is CC(C)N1C2CCC1CN(C(=O)C1CNC1)CC2.Cl. The van der Waals surface area contributed by atoms with E-state index in [1.165, 1.54) is 19.3 Å². The Morgan fingerprint density at radius 3 is 2.42 bits per heavy atom. The molecule has 3 rings (SSSR count). The van der Waals surface area contributed by atoms with Crippen LogP contribution in [0.1, 0.15) is 33.1 Å². The Bertz CT molecular complexity index is 333. The summed E-state index contributed by atoms with van der Waals surface area (Å²) in [6, 6.07) is 1.93. The molecule has 0 spiro atoms. The maximum Gasteiger partial charge on any atom is 0.228 e. The Kier molecular flexibility index (Phi) is 4.75. The zero-order valence-corrected chi connectivity index (χ0v) is 12.8. The van der Waals surface area contributed by atoms with Crippen LogP contribution in [-0.4, -0.2) is 60.0 Å². The van der Waals surface area contributed by atoms with Crippen molar-refractivity contribution in [3.8, 4) is 0 Å². The van der Waals surface area contributed by atoms with Gasteiger partial charge < -0.3 is 10.2 Å². The van der Waals surface area contributed by atoms with E-state index in [1.807, 2.05) is 0 Å². The molecule has 3 heterocycles. The second kappa shape index (κ2) is 5.98. The third-order valence-electron chi connectivity index (χ3n) is 4.88. The zero-order valence-electron chi connectivity index (χ0n) is 12.0. The van der Waals surface area contributed by atoms with E-state index >= 15 is 0 Å². The van der Waals surface area contributed by atoms with Crippen molar-refractivity contribution in [3.05, 3.63) is 0 Å². The van der Waals surface area contributed by atoms with Crippen molar-refractivity contribution in [3.63, 3.8) is 0 Å². The van der Waals surface area contributed by atoms with Crippen LogP contribution >= 0.6 is 12.4 Å². The number of fused-ring (bicyclic) bond motifs is 2. The van der Waals surface area contributed by atoms with Gasteiger partial charge in [0, 0.05) is 44.3 Å². The molecule has 0 saturated carbocycles. The predicted molar refractivity (Wildman–Crippen MR) is 78.6 cm³/mol. The number of nitrogens with one attached hydrogen (secondary N) is 1. The molecular formula is C14H26ClN3O. The Hall–Kier alpha value is -0.320. The minimum Gasteiger partial charge on any atom is -0.341 e. The van der Waals surface area contributed by atoms with Crippen LogP contribution in [0.25, 0.3) is 0 Å². The number of halogens is 1. The monoisotopic (exact) mass is 287 g/mol. The number of hydrogen-bond donors (Lipinski definition) is 1. The summed E-state index contributed by atoms with van der Waals surface area (Å²) in [6.07, 6.45) is 3.77. The van der Waals surface area contributed by atoms with Crippen LogP contribution in [0.15, 0.2) is 0 Å². The Balaban J connectivity index is 0.00000133. The van der Waals surface area contributed by atoms with Gasteiger partial charge in [0.1, 0.15) is 0 Å². The van der Waals surface area contributed by atoms with Gasteiger partial charge in [-0.15, -0.1) is 12.4 Å².